The Kier molecular flexibility index (Phi) is 3.24. The Morgan fingerprint density at radius 1 is 1.62 bits per heavy atom. The predicted molar refractivity (Wildman–Crippen MR) is 63.1 cm³/mol. The van der Waals surface area contributed by atoms with Crippen molar-refractivity contribution in [1.29, 1.82) is 0 Å². The van der Waals surface area contributed by atoms with Crippen LogP contribution in [-0.2, 0) is 4.79 Å². The van der Waals surface area contributed by atoms with Crippen molar-refractivity contribution in [3.8, 4) is 0 Å². The van der Waals surface area contributed by atoms with Crippen LogP contribution in [0.4, 0.5) is 11.5 Å². The van der Waals surface area contributed by atoms with Crippen molar-refractivity contribution in [3.63, 3.8) is 0 Å². The third kappa shape index (κ3) is 2.42. The Hall–Kier alpha value is -1.78. The molecule has 2 heterocycles. The van der Waals surface area contributed by atoms with E-state index in [1.165, 1.54) is 0 Å². The quantitative estimate of drug-likeness (QED) is 0.722. The summed E-state index contributed by atoms with van der Waals surface area (Å²) < 4.78 is 0. The summed E-state index contributed by atoms with van der Waals surface area (Å²) in [4.78, 5) is 16.6. The van der Waals surface area contributed by atoms with E-state index in [2.05, 4.69) is 15.2 Å². The zero-order chi connectivity index (χ0) is 11.4. The maximum atomic E-state index is 10.4. The Bertz CT molecular complexity index is 369. The Labute approximate surface area is 94.6 Å². The van der Waals surface area contributed by atoms with Gasteiger partial charge < -0.3 is 16.0 Å². The van der Waals surface area contributed by atoms with Crippen LogP contribution in [0.25, 0.3) is 0 Å². The molecule has 5 heteroatoms. The van der Waals surface area contributed by atoms with Crippen LogP contribution in [0.15, 0.2) is 18.3 Å². The highest BCUT2D eigenvalue weighted by atomic mass is 16.1. The molecular weight excluding hydrogens is 204 g/mol. The Balaban J connectivity index is 2.06. The molecule has 1 aromatic rings. The van der Waals surface area contributed by atoms with Crippen LogP contribution >= 0.6 is 0 Å². The van der Waals surface area contributed by atoms with Crippen LogP contribution in [0.1, 0.15) is 12.8 Å². The standard InChI is InChI=1S/C11H16N4O/c12-11-6-10(3-4-13-11)15-5-1-2-9(7-15)14-8-16/h3-4,6,8-9H,1-2,5,7H2,(H2,12,13)(H,14,16). The lowest BCUT2D eigenvalue weighted by molar-refractivity contribution is -0.110. The fourth-order valence-electron chi connectivity index (χ4n) is 2.08. The maximum Gasteiger partial charge on any atom is 0.207 e. The topological polar surface area (TPSA) is 71.2 Å². The van der Waals surface area contributed by atoms with E-state index in [4.69, 9.17) is 5.73 Å². The normalized spacial score (nSPS) is 20.5. The number of rotatable bonds is 3. The molecule has 1 aromatic heterocycles. The number of carbonyl (C=O) groups excluding carboxylic acids is 1. The van der Waals surface area contributed by atoms with E-state index in [1.807, 2.05) is 12.1 Å². The first kappa shape index (κ1) is 10.7. The third-order valence-corrected chi connectivity index (χ3v) is 2.85. The molecule has 0 aliphatic carbocycles. The van der Waals surface area contributed by atoms with Gasteiger partial charge in [0.1, 0.15) is 5.82 Å². The second kappa shape index (κ2) is 4.83. The fraction of sp³-hybridized carbons (Fsp3) is 0.455. The summed E-state index contributed by atoms with van der Waals surface area (Å²) in [5.74, 6) is 0.531. The lowest BCUT2D eigenvalue weighted by atomic mass is 10.1. The Morgan fingerprint density at radius 3 is 3.25 bits per heavy atom. The van der Waals surface area contributed by atoms with Gasteiger partial charge in [-0.05, 0) is 18.9 Å². The minimum Gasteiger partial charge on any atom is -0.384 e. The molecule has 5 nitrogen and oxygen atoms in total. The third-order valence-electron chi connectivity index (χ3n) is 2.85. The number of piperidine rings is 1. The van der Waals surface area contributed by atoms with Crippen molar-refractivity contribution >= 4 is 17.9 Å². The van der Waals surface area contributed by atoms with Crippen LogP contribution in [0.3, 0.4) is 0 Å². The van der Waals surface area contributed by atoms with Crippen molar-refractivity contribution in [2.24, 2.45) is 0 Å². The number of carbonyl (C=O) groups is 1. The molecule has 1 unspecified atom stereocenters. The van der Waals surface area contributed by atoms with Gasteiger partial charge in [-0.15, -0.1) is 0 Å². The van der Waals surface area contributed by atoms with Gasteiger partial charge in [-0.2, -0.15) is 0 Å². The van der Waals surface area contributed by atoms with Crippen molar-refractivity contribution in [2.45, 2.75) is 18.9 Å². The number of pyridine rings is 1. The Morgan fingerprint density at radius 2 is 2.50 bits per heavy atom. The number of hydrogen-bond donors (Lipinski definition) is 2. The van der Waals surface area contributed by atoms with E-state index in [1.54, 1.807) is 6.20 Å². The molecule has 3 N–H and O–H groups in total. The molecule has 86 valence electrons. The van der Waals surface area contributed by atoms with Crippen molar-refractivity contribution in [3.05, 3.63) is 18.3 Å². The molecule has 0 saturated carbocycles. The lowest BCUT2D eigenvalue weighted by Gasteiger charge is -2.34. The second-order valence-electron chi connectivity index (χ2n) is 4.01. The van der Waals surface area contributed by atoms with Gasteiger partial charge in [0.15, 0.2) is 0 Å². The minimum atomic E-state index is 0.237. The molecule has 1 fully saturated rings. The molecule has 1 aliphatic rings. The molecule has 2 rings (SSSR count). The highest BCUT2D eigenvalue weighted by Gasteiger charge is 2.19. The zero-order valence-corrected chi connectivity index (χ0v) is 9.10. The molecular formula is C11H16N4O. The minimum absolute atomic E-state index is 0.237. The van der Waals surface area contributed by atoms with Crippen LogP contribution in [0.2, 0.25) is 0 Å². The van der Waals surface area contributed by atoms with E-state index in [0.717, 1.165) is 38.0 Å². The molecule has 0 radical (unpaired) electrons. The van der Waals surface area contributed by atoms with Crippen LogP contribution in [0, 0.1) is 0 Å². The molecule has 0 bridgehead atoms. The molecule has 0 aromatic carbocycles. The van der Waals surface area contributed by atoms with Gasteiger partial charge in [0.25, 0.3) is 0 Å². The summed E-state index contributed by atoms with van der Waals surface area (Å²) in [6.07, 6.45) is 4.60. The number of anilines is 2. The highest BCUT2D eigenvalue weighted by molar-refractivity contribution is 5.53. The summed E-state index contributed by atoms with van der Waals surface area (Å²) >= 11 is 0. The first-order valence-corrected chi connectivity index (χ1v) is 5.46. The number of nitrogen functional groups attached to an aromatic ring is 1. The van der Waals surface area contributed by atoms with Gasteiger partial charge in [-0.1, -0.05) is 0 Å². The number of hydrogen-bond acceptors (Lipinski definition) is 4. The maximum absolute atomic E-state index is 10.4. The van der Waals surface area contributed by atoms with Gasteiger partial charge in [0, 0.05) is 37.1 Å². The van der Waals surface area contributed by atoms with E-state index in [9.17, 15) is 4.79 Å². The highest BCUT2D eigenvalue weighted by Crippen LogP contribution is 2.20. The van der Waals surface area contributed by atoms with Gasteiger partial charge >= 0.3 is 0 Å². The van der Waals surface area contributed by atoms with Crippen molar-refractivity contribution in [2.75, 3.05) is 23.7 Å². The first-order valence-electron chi connectivity index (χ1n) is 5.46. The lowest BCUT2D eigenvalue weighted by Crippen LogP contribution is -2.45. The predicted octanol–water partition coefficient (Wildman–Crippen LogP) is 0.379. The van der Waals surface area contributed by atoms with E-state index in [0.29, 0.717) is 5.82 Å². The van der Waals surface area contributed by atoms with E-state index in [-0.39, 0.29) is 6.04 Å². The van der Waals surface area contributed by atoms with Crippen LogP contribution < -0.4 is 16.0 Å². The fourth-order valence-corrected chi connectivity index (χ4v) is 2.08. The average molecular weight is 220 g/mol. The average Bonchev–Trinajstić information content (AvgIpc) is 2.30. The van der Waals surface area contributed by atoms with E-state index >= 15 is 0 Å². The van der Waals surface area contributed by atoms with E-state index < -0.39 is 0 Å². The summed E-state index contributed by atoms with van der Waals surface area (Å²) in [7, 11) is 0. The SMILES string of the molecule is Nc1cc(N2CCCC(NC=O)C2)ccn1. The van der Waals surface area contributed by atoms with Gasteiger partial charge in [0.05, 0.1) is 0 Å². The molecule has 0 spiro atoms. The molecule has 1 aliphatic heterocycles. The number of nitrogens with two attached hydrogens (primary N) is 1. The zero-order valence-electron chi connectivity index (χ0n) is 9.10. The number of amides is 1. The summed E-state index contributed by atoms with van der Waals surface area (Å²) in [6.45, 7) is 1.84. The van der Waals surface area contributed by atoms with Crippen LogP contribution in [0.5, 0.6) is 0 Å². The van der Waals surface area contributed by atoms with Crippen LogP contribution in [-0.4, -0.2) is 30.5 Å². The smallest absolute Gasteiger partial charge is 0.207 e. The second-order valence-corrected chi connectivity index (χ2v) is 4.01. The van der Waals surface area contributed by atoms with Crippen molar-refractivity contribution < 1.29 is 4.79 Å². The molecule has 1 amide bonds. The largest absolute Gasteiger partial charge is 0.384 e. The first-order chi connectivity index (χ1) is 7.79. The number of aromatic nitrogens is 1. The monoisotopic (exact) mass is 220 g/mol. The van der Waals surface area contributed by atoms with Gasteiger partial charge in [-0.3, -0.25) is 4.79 Å². The summed E-state index contributed by atoms with van der Waals surface area (Å²) in [6, 6.07) is 4.05. The number of nitrogens with one attached hydrogen (secondary N) is 1. The van der Waals surface area contributed by atoms with Gasteiger partial charge in [-0.25, -0.2) is 4.98 Å². The molecule has 16 heavy (non-hydrogen) atoms. The van der Waals surface area contributed by atoms with Crippen molar-refractivity contribution in [1.82, 2.24) is 10.3 Å². The molecule has 1 saturated heterocycles. The summed E-state index contributed by atoms with van der Waals surface area (Å²) in [5, 5.41) is 2.83. The number of nitrogens with zero attached hydrogens (tertiary/aromatic N) is 2. The molecule has 1 atom stereocenters. The summed E-state index contributed by atoms with van der Waals surface area (Å²) in [5.41, 5.74) is 6.72. The van der Waals surface area contributed by atoms with Gasteiger partial charge in [0.2, 0.25) is 6.41 Å².